The zero-order valence-electron chi connectivity index (χ0n) is 20.2. The summed E-state index contributed by atoms with van der Waals surface area (Å²) in [5.74, 6) is -2.44. The van der Waals surface area contributed by atoms with Gasteiger partial charge in [0.2, 0.25) is 11.8 Å². The number of methoxy groups -OCH3 is 2. The Kier molecular flexibility index (Phi) is 7.47. The standard InChI is InChI=1S/C27H24FN3O6/c1-36-18-11-12-21(23(13-18)37-2)29-24(32)15-30(14-17-7-3-5-9-20(17)28)25(33)16-31-22-10-6-4-8-19(22)26(34)27(31)35/h3-13H,14-16H2,1-2H3,(H,29,32). The summed E-state index contributed by atoms with van der Waals surface area (Å²) in [6, 6.07) is 17.0. The summed E-state index contributed by atoms with van der Waals surface area (Å²) in [6.07, 6.45) is 0. The highest BCUT2D eigenvalue weighted by Crippen LogP contribution is 2.30. The van der Waals surface area contributed by atoms with Gasteiger partial charge in [-0.05, 0) is 30.3 Å². The maximum absolute atomic E-state index is 14.4. The van der Waals surface area contributed by atoms with Crippen LogP contribution in [0.25, 0.3) is 0 Å². The Morgan fingerprint density at radius 2 is 1.70 bits per heavy atom. The first-order valence-corrected chi connectivity index (χ1v) is 11.3. The number of para-hydroxylation sites is 1. The third-order valence-corrected chi connectivity index (χ3v) is 5.86. The molecule has 9 nitrogen and oxygen atoms in total. The lowest BCUT2D eigenvalue weighted by Crippen LogP contribution is -2.45. The van der Waals surface area contributed by atoms with Gasteiger partial charge in [0.05, 0.1) is 31.2 Å². The molecule has 0 saturated carbocycles. The van der Waals surface area contributed by atoms with Crippen LogP contribution < -0.4 is 19.7 Å². The number of ether oxygens (including phenoxy) is 2. The molecule has 0 saturated heterocycles. The highest BCUT2D eigenvalue weighted by Gasteiger charge is 2.37. The second kappa shape index (κ2) is 10.9. The van der Waals surface area contributed by atoms with Crippen LogP contribution in [-0.2, 0) is 20.9 Å². The lowest BCUT2D eigenvalue weighted by atomic mass is 10.1. The Morgan fingerprint density at radius 3 is 2.43 bits per heavy atom. The average molecular weight is 506 g/mol. The monoisotopic (exact) mass is 505 g/mol. The van der Waals surface area contributed by atoms with E-state index in [-0.39, 0.29) is 17.7 Å². The minimum absolute atomic E-state index is 0.190. The molecule has 1 heterocycles. The molecule has 0 fully saturated rings. The number of carbonyl (C=O) groups excluding carboxylic acids is 4. The number of carbonyl (C=O) groups is 4. The predicted octanol–water partition coefficient (Wildman–Crippen LogP) is 3.04. The number of hydrogen-bond acceptors (Lipinski definition) is 6. The number of halogens is 1. The molecule has 1 aliphatic rings. The molecule has 0 aliphatic carbocycles. The van der Waals surface area contributed by atoms with E-state index in [9.17, 15) is 23.6 Å². The summed E-state index contributed by atoms with van der Waals surface area (Å²) in [7, 11) is 2.93. The van der Waals surface area contributed by atoms with E-state index in [4.69, 9.17) is 9.47 Å². The number of ketones is 1. The smallest absolute Gasteiger partial charge is 0.299 e. The fraction of sp³-hybridized carbons (Fsp3) is 0.185. The Hall–Kier alpha value is -4.73. The number of Topliss-reactive ketones (excluding diaryl/α,β-unsaturated/α-hetero) is 1. The van der Waals surface area contributed by atoms with Crippen molar-refractivity contribution in [2.24, 2.45) is 0 Å². The first kappa shape index (κ1) is 25.4. The van der Waals surface area contributed by atoms with Crippen LogP contribution in [0.2, 0.25) is 0 Å². The van der Waals surface area contributed by atoms with E-state index in [0.29, 0.717) is 22.9 Å². The van der Waals surface area contributed by atoms with Gasteiger partial charge in [-0.15, -0.1) is 0 Å². The van der Waals surface area contributed by atoms with E-state index in [0.717, 1.165) is 9.80 Å². The first-order chi connectivity index (χ1) is 17.8. The molecule has 190 valence electrons. The molecule has 3 aromatic carbocycles. The van der Waals surface area contributed by atoms with Crippen LogP contribution in [0.1, 0.15) is 15.9 Å². The molecule has 0 aromatic heterocycles. The van der Waals surface area contributed by atoms with Crippen molar-refractivity contribution in [2.45, 2.75) is 6.54 Å². The van der Waals surface area contributed by atoms with E-state index in [1.54, 1.807) is 42.5 Å². The quantitative estimate of drug-likeness (QED) is 0.448. The van der Waals surface area contributed by atoms with Gasteiger partial charge in [0.15, 0.2) is 0 Å². The normalized spacial score (nSPS) is 12.2. The molecular weight excluding hydrogens is 481 g/mol. The topological polar surface area (TPSA) is 105 Å². The SMILES string of the molecule is COc1ccc(NC(=O)CN(Cc2ccccc2F)C(=O)CN2C(=O)C(=O)c3ccccc32)c(OC)c1. The van der Waals surface area contributed by atoms with Crippen molar-refractivity contribution in [3.05, 3.63) is 83.7 Å². The van der Waals surface area contributed by atoms with Crippen molar-refractivity contribution in [3.8, 4) is 11.5 Å². The molecule has 0 atom stereocenters. The third kappa shape index (κ3) is 5.43. The van der Waals surface area contributed by atoms with Crippen molar-refractivity contribution < 1.29 is 33.0 Å². The number of rotatable bonds is 9. The number of anilines is 2. The fourth-order valence-corrected chi connectivity index (χ4v) is 3.97. The van der Waals surface area contributed by atoms with Crippen molar-refractivity contribution in [1.82, 2.24) is 4.90 Å². The minimum atomic E-state index is -0.840. The summed E-state index contributed by atoms with van der Waals surface area (Å²) in [4.78, 5) is 53.4. The molecule has 3 aromatic rings. The zero-order chi connectivity index (χ0) is 26.5. The van der Waals surface area contributed by atoms with Gasteiger partial charge < -0.3 is 19.7 Å². The fourth-order valence-electron chi connectivity index (χ4n) is 3.97. The van der Waals surface area contributed by atoms with Gasteiger partial charge in [0, 0.05) is 18.2 Å². The van der Waals surface area contributed by atoms with E-state index in [1.807, 2.05) is 0 Å². The summed E-state index contributed by atoms with van der Waals surface area (Å²) in [5, 5.41) is 2.68. The number of fused-ring (bicyclic) bond motifs is 1. The van der Waals surface area contributed by atoms with Gasteiger partial charge in [0.25, 0.3) is 11.7 Å². The van der Waals surface area contributed by atoms with E-state index in [1.165, 1.54) is 38.5 Å². The largest absolute Gasteiger partial charge is 0.497 e. The predicted molar refractivity (Wildman–Crippen MR) is 133 cm³/mol. The molecule has 1 N–H and O–H groups in total. The summed E-state index contributed by atoms with van der Waals surface area (Å²) >= 11 is 0. The van der Waals surface area contributed by atoms with Gasteiger partial charge in [-0.2, -0.15) is 0 Å². The summed E-state index contributed by atoms with van der Waals surface area (Å²) < 4.78 is 24.9. The third-order valence-electron chi connectivity index (χ3n) is 5.86. The average Bonchev–Trinajstić information content (AvgIpc) is 3.14. The Morgan fingerprint density at radius 1 is 0.973 bits per heavy atom. The van der Waals surface area contributed by atoms with Crippen molar-refractivity contribution in [1.29, 1.82) is 0 Å². The maximum atomic E-state index is 14.4. The Bertz CT molecular complexity index is 1380. The molecule has 1 aliphatic heterocycles. The zero-order valence-corrected chi connectivity index (χ0v) is 20.2. The Labute approximate surface area is 212 Å². The highest BCUT2D eigenvalue weighted by molar-refractivity contribution is 6.52. The summed E-state index contributed by atoms with van der Waals surface area (Å²) in [6.45, 7) is -1.16. The first-order valence-electron chi connectivity index (χ1n) is 11.3. The number of amides is 3. The van der Waals surface area contributed by atoms with Crippen LogP contribution in [0.3, 0.4) is 0 Å². The summed E-state index contributed by atoms with van der Waals surface area (Å²) in [5.41, 5.74) is 1.05. The van der Waals surface area contributed by atoms with Crippen molar-refractivity contribution in [3.63, 3.8) is 0 Å². The molecule has 37 heavy (non-hydrogen) atoms. The molecule has 0 spiro atoms. The minimum Gasteiger partial charge on any atom is -0.497 e. The maximum Gasteiger partial charge on any atom is 0.299 e. The van der Waals surface area contributed by atoms with E-state index in [2.05, 4.69) is 5.32 Å². The number of nitrogens with one attached hydrogen (secondary N) is 1. The van der Waals surface area contributed by atoms with Crippen LogP contribution in [-0.4, -0.2) is 55.7 Å². The van der Waals surface area contributed by atoms with Crippen LogP contribution in [0.5, 0.6) is 11.5 Å². The van der Waals surface area contributed by atoms with Crippen LogP contribution in [0.15, 0.2) is 66.7 Å². The lowest BCUT2D eigenvalue weighted by Gasteiger charge is -2.25. The number of nitrogens with zero attached hydrogens (tertiary/aromatic N) is 2. The highest BCUT2D eigenvalue weighted by atomic mass is 19.1. The Balaban J connectivity index is 1.56. The van der Waals surface area contributed by atoms with Gasteiger partial charge in [-0.1, -0.05) is 30.3 Å². The van der Waals surface area contributed by atoms with Crippen LogP contribution in [0, 0.1) is 5.82 Å². The molecule has 3 amide bonds. The van der Waals surface area contributed by atoms with Crippen LogP contribution in [0.4, 0.5) is 15.8 Å². The van der Waals surface area contributed by atoms with Crippen LogP contribution >= 0.6 is 0 Å². The second-order valence-corrected chi connectivity index (χ2v) is 8.19. The number of benzene rings is 3. The second-order valence-electron chi connectivity index (χ2n) is 8.19. The van der Waals surface area contributed by atoms with Crippen molar-refractivity contribution >= 4 is 34.9 Å². The molecular formula is C27H24FN3O6. The molecule has 10 heteroatoms. The van der Waals surface area contributed by atoms with E-state index >= 15 is 0 Å². The van der Waals surface area contributed by atoms with Gasteiger partial charge in [-0.25, -0.2) is 4.39 Å². The molecule has 4 rings (SSSR count). The van der Waals surface area contributed by atoms with Gasteiger partial charge in [0.1, 0.15) is 30.4 Å². The number of hydrogen-bond donors (Lipinski definition) is 1. The molecule has 0 bridgehead atoms. The molecule has 0 unspecified atom stereocenters. The van der Waals surface area contributed by atoms with Gasteiger partial charge in [-0.3, -0.25) is 24.1 Å². The molecule has 0 radical (unpaired) electrons. The lowest BCUT2D eigenvalue weighted by molar-refractivity contribution is -0.134. The van der Waals surface area contributed by atoms with Crippen molar-refractivity contribution in [2.75, 3.05) is 37.5 Å². The van der Waals surface area contributed by atoms with E-state index < -0.39 is 42.4 Å². The van der Waals surface area contributed by atoms with Gasteiger partial charge >= 0.3 is 0 Å².